The molecule has 4 atom stereocenters. The van der Waals surface area contributed by atoms with Gasteiger partial charge in [0.2, 0.25) is 0 Å². The number of amides is 1. The molecule has 8 nitrogen and oxygen atoms in total. The van der Waals surface area contributed by atoms with Crippen LogP contribution in [-0.2, 0) is 25.3 Å². The van der Waals surface area contributed by atoms with Crippen LogP contribution in [0.1, 0.15) is 62.2 Å². The average Bonchev–Trinajstić information content (AvgIpc) is 3.18. The van der Waals surface area contributed by atoms with Gasteiger partial charge in [0, 0.05) is 29.3 Å². The summed E-state index contributed by atoms with van der Waals surface area (Å²) < 4.78 is 80.4. The fraction of sp³-hybridized carbons (Fsp3) is 0.552. The van der Waals surface area contributed by atoms with Crippen molar-refractivity contribution in [1.82, 2.24) is 4.98 Å². The zero-order valence-corrected chi connectivity index (χ0v) is 26.2. The highest BCUT2D eigenvalue weighted by Crippen LogP contribution is 2.55. The lowest BCUT2D eigenvalue weighted by Gasteiger charge is -2.36. The molecule has 42 heavy (non-hydrogen) atoms. The van der Waals surface area contributed by atoms with Crippen LogP contribution < -0.4 is 10.1 Å². The van der Waals surface area contributed by atoms with Crippen molar-refractivity contribution in [3.63, 3.8) is 0 Å². The van der Waals surface area contributed by atoms with Crippen molar-refractivity contribution in [2.75, 3.05) is 19.5 Å². The number of nitrogens with zero attached hydrogens (tertiary/aromatic N) is 1. The van der Waals surface area contributed by atoms with Gasteiger partial charge >= 0.3 is 12.1 Å². The first-order chi connectivity index (χ1) is 19.3. The van der Waals surface area contributed by atoms with E-state index in [2.05, 4.69) is 15.0 Å². The number of carbonyl (C=O) groups is 2. The van der Waals surface area contributed by atoms with E-state index >= 15 is 4.39 Å². The second kappa shape index (κ2) is 11.9. The van der Waals surface area contributed by atoms with Gasteiger partial charge in [0.1, 0.15) is 23.4 Å². The molecule has 0 saturated carbocycles. The van der Waals surface area contributed by atoms with Gasteiger partial charge in [0.15, 0.2) is 13.9 Å². The number of carbonyl (C=O) groups excluding carboxylic acids is 2. The molecule has 1 N–H and O–H groups in total. The van der Waals surface area contributed by atoms with Crippen LogP contribution in [0, 0.1) is 11.7 Å². The second-order valence-electron chi connectivity index (χ2n) is 12.1. The Morgan fingerprint density at radius 2 is 1.79 bits per heavy atom. The monoisotopic (exact) mass is 614 g/mol. The number of methoxy groups -OCH3 is 2. The molecule has 2 heterocycles. The first kappa shape index (κ1) is 33.5. The van der Waals surface area contributed by atoms with Crippen molar-refractivity contribution < 1.29 is 45.8 Å². The molecule has 2 aromatic rings. The van der Waals surface area contributed by atoms with E-state index in [1.165, 1.54) is 38.4 Å². The molecule has 3 rings (SSSR count). The lowest BCUT2D eigenvalue weighted by molar-refractivity contribution is -0.272. The molecule has 1 fully saturated rings. The number of esters is 1. The van der Waals surface area contributed by atoms with Crippen LogP contribution in [0.5, 0.6) is 5.75 Å². The van der Waals surface area contributed by atoms with Crippen LogP contribution in [-0.4, -0.2) is 57.3 Å². The highest BCUT2D eigenvalue weighted by molar-refractivity contribution is 6.74. The van der Waals surface area contributed by atoms with Crippen LogP contribution >= 0.6 is 0 Å². The van der Waals surface area contributed by atoms with Gasteiger partial charge in [-0.1, -0.05) is 33.8 Å². The van der Waals surface area contributed by atoms with E-state index in [9.17, 15) is 22.8 Å². The van der Waals surface area contributed by atoms with Gasteiger partial charge in [-0.15, -0.1) is 0 Å². The van der Waals surface area contributed by atoms with Crippen LogP contribution in [0.15, 0.2) is 30.5 Å². The Labute approximate surface area is 244 Å². The Morgan fingerprint density at radius 3 is 2.33 bits per heavy atom. The number of hydrogen-bond donors (Lipinski definition) is 1. The second-order valence-corrected chi connectivity index (χ2v) is 16.9. The molecule has 232 valence electrons. The van der Waals surface area contributed by atoms with E-state index in [1.807, 2.05) is 33.9 Å². The van der Waals surface area contributed by atoms with Crippen molar-refractivity contribution in [3.8, 4) is 5.75 Å². The molecule has 1 aromatic heterocycles. The highest BCUT2D eigenvalue weighted by Gasteiger charge is 2.66. The summed E-state index contributed by atoms with van der Waals surface area (Å²) in [6, 6.07) is 5.06. The van der Waals surface area contributed by atoms with Crippen molar-refractivity contribution in [3.05, 3.63) is 53.1 Å². The molecular formula is C29H38F4N2O6Si. The third-order valence-electron chi connectivity index (χ3n) is 8.53. The fourth-order valence-electron chi connectivity index (χ4n) is 4.69. The molecule has 0 radical (unpaired) electrons. The molecule has 0 spiro atoms. The minimum absolute atomic E-state index is 0.00438. The van der Waals surface area contributed by atoms with Crippen LogP contribution in [0.4, 0.5) is 23.2 Å². The number of aromatic nitrogens is 1. The lowest BCUT2D eigenvalue weighted by Crippen LogP contribution is -2.47. The van der Waals surface area contributed by atoms with Gasteiger partial charge in [-0.3, -0.25) is 4.79 Å². The predicted octanol–water partition coefficient (Wildman–Crippen LogP) is 6.62. The number of nitrogens with one attached hydrogen (secondary N) is 1. The zero-order valence-electron chi connectivity index (χ0n) is 25.2. The summed E-state index contributed by atoms with van der Waals surface area (Å²) in [6.45, 7) is 12.1. The maximum atomic E-state index is 15.2. The Kier molecular flexibility index (Phi) is 9.50. The minimum atomic E-state index is -4.84. The van der Waals surface area contributed by atoms with Gasteiger partial charge in [0.25, 0.3) is 5.91 Å². The number of ether oxygens (including phenoxy) is 3. The van der Waals surface area contributed by atoms with Crippen molar-refractivity contribution >= 4 is 25.9 Å². The number of hydrogen-bond acceptors (Lipinski definition) is 7. The SMILES string of the molecule is COC(=O)c1cc(NC(=O)[C@@H]2O[C@@](C)(C(F)(F)F)[C@@H](C)[C@H]2c2ccc(F)c(CO[Si](C)(C)C(C)(C)C)c2OC)ccn1. The Bertz CT molecular complexity index is 1330. The number of anilines is 1. The molecule has 1 aromatic carbocycles. The summed E-state index contributed by atoms with van der Waals surface area (Å²) in [5.74, 6) is -4.79. The highest BCUT2D eigenvalue weighted by atomic mass is 28.4. The van der Waals surface area contributed by atoms with Gasteiger partial charge in [0.05, 0.1) is 26.4 Å². The van der Waals surface area contributed by atoms with E-state index in [-0.39, 0.29) is 39.9 Å². The Balaban J connectivity index is 2.09. The van der Waals surface area contributed by atoms with Crippen LogP contribution in [0.25, 0.3) is 0 Å². The number of alkyl halides is 3. The number of halogens is 4. The predicted molar refractivity (Wildman–Crippen MR) is 150 cm³/mol. The quantitative estimate of drug-likeness (QED) is 0.203. The van der Waals surface area contributed by atoms with E-state index in [1.54, 1.807) is 0 Å². The molecule has 0 bridgehead atoms. The molecule has 0 unspecified atom stereocenters. The molecule has 1 aliphatic rings. The van der Waals surface area contributed by atoms with E-state index in [4.69, 9.17) is 13.9 Å². The average molecular weight is 615 g/mol. The molecule has 1 aliphatic heterocycles. The summed E-state index contributed by atoms with van der Waals surface area (Å²) in [5.41, 5.74) is -2.51. The van der Waals surface area contributed by atoms with Gasteiger partial charge < -0.3 is 24.0 Å². The zero-order chi connectivity index (χ0) is 31.8. The molecule has 1 amide bonds. The van der Waals surface area contributed by atoms with Crippen molar-refractivity contribution in [2.24, 2.45) is 5.92 Å². The summed E-state index contributed by atoms with van der Waals surface area (Å²) in [6.07, 6.45) is -5.25. The molecule has 13 heteroatoms. The molecular weight excluding hydrogens is 576 g/mol. The Hall–Kier alpha value is -3.03. The largest absolute Gasteiger partial charge is 0.496 e. The minimum Gasteiger partial charge on any atom is -0.496 e. The first-order valence-corrected chi connectivity index (χ1v) is 16.3. The maximum Gasteiger partial charge on any atom is 0.417 e. The van der Waals surface area contributed by atoms with E-state index in [0.717, 1.165) is 20.1 Å². The summed E-state index contributed by atoms with van der Waals surface area (Å²) in [7, 11) is 0.105. The standard InChI is InChI=1S/C29H38F4N2O6Si/c1-16-22(18-10-11-20(30)19(23(18)38-6)15-40-42(8,9)27(2,3)4)24(41-28(16,5)29(31,32)33)25(36)35-17-12-13-34-21(14-17)26(37)39-7/h10-14,16,22,24H,15H2,1-9H3,(H,34,35,36)/t16-,22-,24+,28+/m0/s1. The van der Waals surface area contributed by atoms with E-state index < -0.39 is 55.7 Å². The van der Waals surface area contributed by atoms with Gasteiger partial charge in [-0.2, -0.15) is 13.2 Å². The van der Waals surface area contributed by atoms with Gasteiger partial charge in [-0.05, 0) is 43.3 Å². The third-order valence-corrected chi connectivity index (χ3v) is 13.0. The normalized spacial score (nSPS) is 23.0. The van der Waals surface area contributed by atoms with Crippen LogP contribution in [0.3, 0.4) is 0 Å². The van der Waals surface area contributed by atoms with Gasteiger partial charge in [-0.25, -0.2) is 14.2 Å². The topological polar surface area (TPSA) is 96.0 Å². The number of pyridine rings is 1. The number of rotatable bonds is 8. The van der Waals surface area contributed by atoms with Crippen molar-refractivity contribution in [2.45, 2.75) is 83.2 Å². The van der Waals surface area contributed by atoms with Crippen LogP contribution in [0.2, 0.25) is 18.1 Å². The lowest BCUT2D eigenvalue weighted by atomic mass is 9.76. The summed E-state index contributed by atoms with van der Waals surface area (Å²) >= 11 is 0. The summed E-state index contributed by atoms with van der Waals surface area (Å²) in [5, 5.41) is 2.34. The number of benzene rings is 1. The maximum absolute atomic E-state index is 15.2. The Morgan fingerprint density at radius 1 is 1.14 bits per heavy atom. The molecule has 0 aliphatic carbocycles. The summed E-state index contributed by atoms with van der Waals surface area (Å²) in [4.78, 5) is 29.3. The smallest absolute Gasteiger partial charge is 0.417 e. The molecule has 1 saturated heterocycles. The fourth-order valence-corrected chi connectivity index (χ4v) is 5.63. The first-order valence-electron chi connectivity index (χ1n) is 13.4. The van der Waals surface area contributed by atoms with E-state index in [0.29, 0.717) is 0 Å². The third kappa shape index (κ3) is 6.32. The van der Waals surface area contributed by atoms with Crippen molar-refractivity contribution in [1.29, 1.82) is 0 Å².